The molecular weight excluding hydrogens is 126 g/mol. The van der Waals surface area contributed by atoms with Crippen LogP contribution in [0.25, 0.3) is 0 Å². The molecule has 0 spiro atoms. The highest BCUT2D eigenvalue weighted by atomic mass is 16.3. The van der Waals surface area contributed by atoms with E-state index in [-0.39, 0.29) is 6.10 Å². The average Bonchev–Trinajstić information content (AvgIpc) is 1.84. The van der Waals surface area contributed by atoms with Crippen molar-refractivity contribution in [2.75, 3.05) is 13.6 Å². The number of aliphatic hydroxyl groups excluding tert-OH is 1. The van der Waals surface area contributed by atoms with Crippen LogP contribution in [-0.4, -0.2) is 35.7 Å². The summed E-state index contributed by atoms with van der Waals surface area (Å²) >= 11 is 0. The van der Waals surface area contributed by atoms with E-state index >= 15 is 0 Å². The highest BCUT2D eigenvalue weighted by Crippen LogP contribution is 2.19. The van der Waals surface area contributed by atoms with Gasteiger partial charge in [0.25, 0.3) is 0 Å². The molecule has 0 aliphatic carbocycles. The molecule has 0 bridgehead atoms. The van der Waals surface area contributed by atoms with Crippen molar-refractivity contribution >= 4 is 0 Å². The number of likely N-dealkylation sites (tertiary alicyclic amines) is 1. The lowest BCUT2D eigenvalue weighted by atomic mass is 9.93. The Kier molecular flexibility index (Phi) is 2.32. The van der Waals surface area contributed by atoms with Crippen LogP contribution in [0.4, 0.5) is 0 Å². The summed E-state index contributed by atoms with van der Waals surface area (Å²) in [4.78, 5) is 2.30. The molecule has 0 aromatic heterocycles. The molecule has 1 saturated heterocycles. The normalized spacial score (nSPS) is 43.8. The number of rotatable bonds is 0. The molecule has 3 atom stereocenters. The second-order valence-electron chi connectivity index (χ2n) is 3.57. The Hall–Kier alpha value is -0.0800. The molecule has 2 nitrogen and oxygen atoms in total. The Morgan fingerprint density at radius 3 is 2.50 bits per heavy atom. The molecule has 1 aliphatic rings. The highest BCUT2D eigenvalue weighted by molar-refractivity contribution is 4.80. The van der Waals surface area contributed by atoms with Crippen molar-refractivity contribution in [3.63, 3.8) is 0 Å². The van der Waals surface area contributed by atoms with Gasteiger partial charge in [0.2, 0.25) is 0 Å². The molecule has 1 heterocycles. The number of nitrogens with zero attached hydrogens (tertiary/aromatic N) is 1. The zero-order valence-electron chi connectivity index (χ0n) is 7.04. The number of hydrogen-bond donors (Lipinski definition) is 1. The van der Waals surface area contributed by atoms with E-state index in [0.29, 0.717) is 12.0 Å². The quantitative estimate of drug-likeness (QED) is 0.540. The first kappa shape index (κ1) is 8.02. The molecule has 10 heavy (non-hydrogen) atoms. The van der Waals surface area contributed by atoms with Gasteiger partial charge in [-0.15, -0.1) is 0 Å². The van der Waals surface area contributed by atoms with Crippen LogP contribution in [0, 0.1) is 5.92 Å². The van der Waals surface area contributed by atoms with Gasteiger partial charge in [0.05, 0.1) is 6.10 Å². The van der Waals surface area contributed by atoms with Crippen LogP contribution in [-0.2, 0) is 0 Å². The smallest absolute Gasteiger partial charge is 0.0592 e. The Bertz CT molecular complexity index is 89.8. The summed E-state index contributed by atoms with van der Waals surface area (Å²) in [5, 5.41) is 9.44. The summed E-state index contributed by atoms with van der Waals surface area (Å²) in [5.41, 5.74) is 0. The van der Waals surface area contributed by atoms with Crippen molar-refractivity contribution in [3.05, 3.63) is 0 Å². The summed E-state index contributed by atoms with van der Waals surface area (Å²) in [5.74, 6) is 0.446. The number of hydrogen-bond acceptors (Lipinski definition) is 2. The molecule has 0 saturated carbocycles. The van der Waals surface area contributed by atoms with E-state index < -0.39 is 0 Å². The predicted octanol–water partition coefficient (Wildman–Crippen LogP) is 0.707. The molecule has 0 amide bonds. The van der Waals surface area contributed by atoms with Crippen LogP contribution < -0.4 is 0 Å². The van der Waals surface area contributed by atoms with Gasteiger partial charge in [-0.3, -0.25) is 0 Å². The zero-order chi connectivity index (χ0) is 7.72. The summed E-state index contributed by atoms with van der Waals surface area (Å²) in [7, 11) is 2.12. The summed E-state index contributed by atoms with van der Waals surface area (Å²) in [6.07, 6.45) is 0.851. The molecule has 0 aromatic carbocycles. The molecule has 0 unspecified atom stereocenters. The molecule has 1 aliphatic heterocycles. The highest BCUT2D eigenvalue weighted by Gasteiger charge is 2.26. The second-order valence-corrected chi connectivity index (χ2v) is 3.57. The van der Waals surface area contributed by atoms with Crippen LogP contribution in [0.15, 0.2) is 0 Å². The maximum Gasteiger partial charge on any atom is 0.0592 e. The zero-order valence-corrected chi connectivity index (χ0v) is 7.04. The molecule has 1 rings (SSSR count). The maximum atomic E-state index is 9.44. The van der Waals surface area contributed by atoms with Crippen LogP contribution in [0.5, 0.6) is 0 Å². The molecule has 2 heteroatoms. The fraction of sp³-hybridized carbons (Fsp3) is 1.00. The minimum atomic E-state index is -0.0776. The SMILES string of the molecule is C[C@H]1CN(C)[C@@H](C)C[C@H]1O. The Labute approximate surface area is 62.8 Å². The minimum Gasteiger partial charge on any atom is -0.393 e. The van der Waals surface area contributed by atoms with E-state index in [2.05, 4.69) is 25.8 Å². The molecule has 60 valence electrons. The Morgan fingerprint density at radius 2 is 2.00 bits per heavy atom. The van der Waals surface area contributed by atoms with Crippen molar-refractivity contribution in [1.82, 2.24) is 4.90 Å². The van der Waals surface area contributed by atoms with Gasteiger partial charge in [-0.05, 0) is 26.3 Å². The van der Waals surface area contributed by atoms with E-state index in [9.17, 15) is 5.11 Å². The van der Waals surface area contributed by atoms with Crippen LogP contribution in [0.2, 0.25) is 0 Å². The van der Waals surface area contributed by atoms with Gasteiger partial charge in [0.1, 0.15) is 0 Å². The number of aliphatic hydroxyl groups is 1. The topological polar surface area (TPSA) is 23.5 Å². The van der Waals surface area contributed by atoms with Crippen molar-refractivity contribution in [2.24, 2.45) is 5.92 Å². The van der Waals surface area contributed by atoms with Gasteiger partial charge in [-0.2, -0.15) is 0 Å². The van der Waals surface area contributed by atoms with Crippen LogP contribution in [0.3, 0.4) is 0 Å². The molecular formula is C8H17NO. The van der Waals surface area contributed by atoms with Crippen molar-refractivity contribution < 1.29 is 5.11 Å². The van der Waals surface area contributed by atoms with E-state index in [0.717, 1.165) is 13.0 Å². The fourth-order valence-electron chi connectivity index (χ4n) is 1.52. The molecule has 0 radical (unpaired) electrons. The van der Waals surface area contributed by atoms with E-state index in [1.54, 1.807) is 0 Å². The lowest BCUT2D eigenvalue weighted by Gasteiger charge is -2.37. The van der Waals surface area contributed by atoms with Gasteiger partial charge in [0.15, 0.2) is 0 Å². The second kappa shape index (κ2) is 2.89. The van der Waals surface area contributed by atoms with Crippen LogP contribution >= 0.6 is 0 Å². The number of piperidine rings is 1. The molecule has 0 aromatic rings. The van der Waals surface area contributed by atoms with Gasteiger partial charge in [-0.25, -0.2) is 0 Å². The first-order valence-electron chi connectivity index (χ1n) is 3.99. The van der Waals surface area contributed by atoms with E-state index in [1.807, 2.05) is 0 Å². The van der Waals surface area contributed by atoms with Crippen LogP contribution in [0.1, 0.15) is 20.3 Å². The Balaban J connectivity index is 2.46. The van der Waals surface area contributed by atoms with Gasteiger partial charge < -0.3 is 10.0 Å². The predicted molar refractivity (Wildman–Crippen MR) is 41.9 cm³/mol. The third kappa shape index (κ3) is 1.50. The maximum absolute atomic E-state index is 9.44. The van der Waals surface area contributed by atoms with Gasteiger partial charge in [-0.1, -0.05) is 6.92 Å². The van der Waals surface area contributed by atoms with E-state index in [4.69, 9.17) is 0 Å². The molecule has 1 fully saturated rings. The van der Waals surface area contributed by atoms with Gasteiger partial charge in [0, 0.05) is 12.6 Å². The lowest BCUT2D eigenvalue weighted by molar-refractivity contribution is 0.0175. The monoisotopic (exact) mass is 143 g/mol. The van der Waals surface area contributed by atoms with Crippen molar-refractivity contribution in [3.8, 4) is 0 Å². The largest absolute Gasteiger partial charge is 0.393 e. The van der Waals surface area contributed by atoms with E-state index in [1.165, 1.54) is 0 Å². The lowest BCUT2D eigenvalue weighted by Crippen LogP contribution is -2.45. The third-order valence-corrected chi connectivity index (χ3v) is 2.57. The molecule has 1 N–H and O–H groups in total. The fourth-order valence-corrected chi connectivity index (χ4v) is 1.52. The summed E-state index contributed by atoms with van der Waals surface area (Å²) in [6.45, 7) is 5.30. The standard InChI is InChI=1S/C8H17NO/c1-6-5-9(3)7(2)4-8(6)10/h6-8,10H,4-5H2,1-3H3/t6-,7-,8+/m0/s1. The minimum absolute atomic E-state index is 0.0776. The summed E-state index contributed by atoms with van der Waals surface area (Å²) in [6, 6.07) is 0.547. The van der Waals surface area contributed by atoms with Crippen molar-refractivity contribution in [1.29, 1.82) is 0 Å². The van der Waals surface area contributed by atoms with Crippen molar-refractivity contribution in [2.45, 2.75) is 32.4 Å². The Morgan fingerprint density at radius 1 is 1.40 bits per heavy atom. The van der Waals surface area contributed by atoms with Gasteiger partial charge >= 0.3 is 0 Å². The summed E-state index contributed by atoms with van der Waals surface area (Å²) < 4.78 is 0. The third-order valence-electron chi connectivity index (χ3n) is 2.57. The average molecular weight is 143 g/mol. The first-order valence-corrected chi connectivity index (χ1v) is 3.99. The first-order chi connectivity index (χ1) is 4.61.